The average molecular weight is 258 g/mol. The first-order valence-electron chi connectivity index (χ1n) is 6.28. The minimum atomic E-state index is 0.597. The first kappa shape index (κ1) is 13.2. The zero-order valence-corrected chi connectivity index (χ0v) is 11.5. The summed E-state index contributed by atoms with van der Waals surface area (Å²) in [4.78, 5) is 19.2. The Morgan fingerprint density at radius 3 is 2.68 bits per heavy atom. The summed E-state index contributed by atoms with van der Waals surface area (Å²) in [6, 6.07) is 3.80. The van der Waals surface area contributed by atoms with Crippen molar-refractivity contribution in [1.29, 1.82) is 0 Å². The third kappa shape index (κ3) is 3.37. The Kier molecular flexibility index (Phi) is 4.22. The lowest BCUT2D eigenvalue weighted by Gasteiger charge is -2.13. The second kappa shape index (κ2) is 6.08. The lowest BCUT2D eigenvalue weighted by molar-refractivity contribution is 0.919. The van der Waals surface area contributed by atoms with Gasteiger partial charge in [0.05, 0.1) is 0 Å². The van der Waals surface area contributed by atoms with Gasteiger partial charge in [0.15, 0.2) is 5.82 Å². The van der Waals surface area contributed by atoms with Gasteiger partial charge in [-0.1, -0.05) is 6.92 Å². The minimum Gasteiger partial charge on any atom is -0.354 e. The summed E-state index contributed by atoms with van der Waals surface area (Å²) < 4.78 is 0. The zero-order valence-electron chi connectivity index (χ0n) is 11.5. The summed E-state index contributed by atoms with van der Waals surface area (Å²) in [6.45, 7) is 2.94. The predicted molar refractivity (Wildman–Crippen MR) is 76.2 cm³/mol. The molecule has 0 saturated carbocycles. The van der Waals surface area contributed by atoms with Crippen molar-refractivity contribution >= 4 is 11.9 Å². The largest absolute Gasteiger partial charge is 0.354 e. The molecule has 0 spiro atoms. The summed E-state index contributed by atoms with van der Waals surface area (Å²) in [7, 11) is 3.82. The number of nitrogens with zero attached hydrogens (tertiary/aromatic N) is 5. The highest BCUT2D eigenvalue weighted by Crippen LogP contribution is 2.17. The molecule has 6 heteroatoms. The molecular weight excluding hydrogens is 240 g/mol. The molecule has 0 aliphatic rings. The van der Waals surface area contributed by atoms with Crippen molar-refractivity contribution in [3.63, 3.8) is 0 Å². The Morgan fingerprint density at radius 1 is 1.21 bits per heavy atom. The molecule has 19 heavy (non-hydrogen) atoms. The van der Waals surface area contributed by atoms with E-state index in [9.17, 15) is 0 Å². The van der Waals surface area contributed by atoms with Crippen LogP contribution in [-0.2, 0) is 0 Å². The number of hydrogen-bond acceptors (Lipinski definition) is 6. The highest BCUT2D eigenvalue weighted by molar-refractivity contribution is 5.56. The van der Waals surface area contributed by atoms with Gasteiger partial charge in [0.1, 0.15) is 0 Å². The third-order valence-corrected chi connectivity index (χ3v) is 2.48. The van der Waals surface area contributed by atoms with Crippen LogP contribution in [0.3, 0.4) is 0 Å². The van der Waals surface area contributed by atoms with Crippen LogP contribution in [0, 0.1) is 0 Å². The second-order valence-electron chi connectivity index (χ2n) is 4.35. The molecule has 0 amide bonds. The molecule has 0 radical (unpaired) electrons. The van der Waals surface area contributed by atoms with Gasteiger partial charge in [-0.15, -0.1) is 0 Å². The van der Waals surface area contributed by atoms with E-state index < -0.39 is 0 Å². The fourth-order valence-electron chi connectivity index (χ4n) is 1.50. The first-order valence-corrected chi connectivity index (χ1v) is 6.28. The predicted octanol–water partition coefficient (Wildman–Crippen LogP) is 1.82. The number of rotatable bonds is 5. The molecule has 2 heterocycles. The van der Waals surface area contributed by atoms with Gasteiger partial charge in [0.2, 0.25) is 11.9 Å². The lowest BCUT2D eigenvalue weighted by Crippen LogP contribution is -2.16. The number of hydrogen-bond donors (Lipinski definition) is 1. The van der Waals surface area contributed by atoms with Gasteiger partial charge >= 0.3 is 0 Å². The number of nitrogens with one attached hydrogen (secondary N) is 1. The van der Waals surface area contributed by atoms with E-state index in [1.807, 2.05) is 31.1 Å². The topological polar surface area (TPSA) is 66.8 Å². The fourth-order valence-corrected chi connectivity index (χ4v) is 1.50. The SMILES string of the molecule is CCCNc1nc(-c2cccnc2)nc(N(C)C)n1. The normalized spacial score (nSPS) is 10.3. The number of anilines is 2. The maximum atomic E-state index is 4.43. The van der Waals surface area contributed by atoms with E-state index in [2.05, 4.69) is 32.2 Å². The van der Waals surface area contributed by atoms with Crippen LogP contribution in [-0.4, -0.2) is 40.6 Å². The zero-order chi connectivity index (χ0) is 13.7. The molecule has 2 rings (SSSR count). The van der Waals surface area contributed by atoms with E-state index in [-0.39, 0.29) is 0 Å². The van der Waals surface area contributed by atoms with Crippen LogP contribution in [0.25, 0.3) is 11.4 Å². The standard InChI is InChI=1S/C13H18N6/c1-4-7-15-12-16-11(10-6-5-8-14-9-10)17-13(18-12)19(2)3/h5-6,8-9H,4,7H2,1-3H3,(H,15,16,17,18). The van der Waals surface area contributed by atoms with Crippen LogP contribution >= 0.6 is 0 Å². The summed E-state index contributed by atoms with van der Waals surface area (Å²) in [5, 5.41) is 3.19. The van der Waals surface area contributed by atoms with Crippen LogP contribution in [0.2, 0.25) is 0 Å². The van der Waals surface area contributed by atoms with Gasteiger partial charge in [0, 0.05) is 38.6 Å². The number of pyridine rings is 1. The van der Waals surface area contributed by atoms with Crippen LogP contribution < -0.4 is 10.2 Å². The molecule has 0 aromatic carbocycles. The molecule has 0 bridgehead atoms. The molecule has 0 fully saturated rings. The molecule has 0 aliphatic carbocycles. The van der Waals surface area contributed by atoms with E-state index in [0.717, 1.165) is 18.5 Å². The molecule has 0 atom stereocenters. The van der Waals surface area contributed by atoms with Gasteiger partial charge in [-0.05, 0) is 18.6 Å². The van der Waals surface area contributed by atoms with Crippen LogP contribution in [0.1, 0.15) is 13.3 Å². The number of aromatic nitrogens is 4. The summed E-state index contributed by atoms with van der Waals surface area (Å²) in [6.07, 6.45) is 4.50. The molecule has 100 valence electrons. The molecule has 0 unspecified atom stereocenters. The van der Waals surface area contributed by atoms with Crippen molar-refractivity contribution < 1.29 is 0 Å². The van der Waals surface area contributed by atoms with Crippen molar-refractivity contribution in [3.05, 3.63) is 24.5 Å². The Labute approximate surface area is 113 Å². The van der Waals surface area contributed by atoms with Crippen LogP contribution in [0.5, 0.6) is 0 Å². The average Bonchev–Trinajstić information content (AvgIpc) is 2.45. The van der Waals surface area contributed by atoms with Crippen molar-refractivity contribution in [3.8, 4) is 11.4 Å². The van der Waals surface area contributed by atoms with E-state index in [4.69, 9.17) is 0 Å². The van der Waals surface area contributed by atoms with E-state index in [1.54, 1.807) is 12.4 Å². The van der Waals surface area contributed by atoms with Gasteiger partial charge in [-0.3, -0.25) is 4.98 Å². The van der Waals surface area contributed by atoms with Crippen molar-refractivity contribution in [2.24, 2.45) is 0 Å². The molecule has 2 aromatic heterocycles. The Balaban J connectivity index is 2.39. The Morgan fingerprint density at radius 2 is 2.05 bits per heavy atom. The summed E-state index contributed by atoms with van der Waals surface area (Å²) >= 11 is 0. The lowest BCUT2D eigenvalue weighted by atomic mass is 10.3. The molecule has 2 aromatic rings. The Bertz CT molecular complexity index is 526. The maximum absolute atomic E-state index is 4.43. The molecule has 1 N–H and O–H groups in total. The molecule has 0 aliphatic heterocycles. The van der Waals surface area contributed by atoms with E-state index in [1.165, 1.54) is 0 Å². The fraction of sp³-hybridized carbons (Fsp3) is 0.385. The van der Waals surface area contributed by atoms with Gasteiger partial charge in [0.25, 0.3) is 0 Å². The van der Waals surface area contributed by atoms with Crippen molar-refractivity contribution in [1.82, 2.24) is 19.9 Å². The monoisotopic (exact) mass is 258 g/mol. The van der Waals surface area contributed by atoms with Crippen molar-refractivity contribution in [2.75, 3.05) is 30.9 Å². The maximum Gasteiger partial charge on any atom is 0.230 e. The van der Waals surface area contributed by atoms with E-state index >= 15 is 0 Å². The Hall–Kier alpha value is -2.24. The summed E-state index contributed by atoms with van der Waals surface area (Å²) in [5.41, 5.74) is 0.882. The minimum absolute atomic E-state index is 0.597. The molecule has 6 nitrogen and oxygen atoms in total. The van der Waals surface area contributed by atoms with Crippen LogP contribution in [0.4, 0.5) is 11.9 Å². The molecular formula is C13H18N6. The van der Waals surface area contributed by atoms with E-state index in [0.29, 0.717) is 17.7 Å². The first-order chi connectivity index (χ1) is 9.20. The van der Waals surface area contributed by atoms with Crippen LogP contribution in [0.15, 0.2) is 24.5 Å². The third-order valence-electron chi connectivity index (χ3n) is 2.48. The highest BCUT2D eigenvalue weighted by Gasteiger charge is 2.09. The quantitative estimate of drug-likeness (QED) is 0.882. The molecule has 0 saturated heterocycles. The van der Waals surface area contributed by atoms with Gasteiger partial charge < -0.3 is 10.2 Å². The van der Waals surface area contributed by atoms with Crippen molar-refractivity contribution in [2.45, 2.75) is 13.3 Å². The smallest absolute Gasteiger partial charge is 0.230 e. The van der Waals surface area contributed by atoms with Gasteiger partial charge in [-0.2, -0.15) is 15.0 Å². The van der Waals surface area contributed by atoms with Gasteiger partial charge in [-0.25, -0.2) is 0 Å². The highest BCUT2D eigenvalue weighted by atomic mass is 15.3. The second-order valence-corrected chi connectivity index (χ2v) is 4.35. The summed E-state index contributed by atoms with van der Waals surface area (Å²) in [5.74, 6) is 1.86.